The normalized spacial score (nSPS) is 14.9. The molecular formula is C10H22N3O5P. The Labute approximate surface area is 112 Å². The topological polar surface area (TPSA) is 142 Å². The molecule has 9 heteroatoms. The molecule has 0 aromatic rings. The number of carbonyl (C=O) groups is 2. The van der Waals surface area contributed by atoms with Gasteiger partial charge in [0.2, 0.25) is 11.8 Å². The number of hydrogen-bond acceptors (Lipinski definition) is 4. The van der Waals surface area contributed by atoms with Crippen molar-refractivity contribution in [1.29, 1.82) is 0 Å². The van der Waals surface area contributed by atoms with Gasteiger partial charge in [-0.3, -0.25) is 14.2 Å². The highest BCUT2D eigenvalue weighted by Gasteiger charge is 2.29. The highest BCUT2D eigenvalue weighted by atomic mass is 31.2. The van der Waals surface area contributed by atoms with Crippen molar-refractivity contribution in [2.75, 3.05) is 6.54 Å². The fraction of sp³-hybridized carbons (Fsp3) is 0.800. The molecule has 112 valence electrons. The first-order chi connectivity index (χ1) is 8.57. The molecule has 0 saturated carbocycles. The second kappa shape index (κ2) is 7.59. The van der Waals surface area contributed by atoms with Crippen LogP contribution in [0.3, 0.4) is 0 Å². The van der Waals surface area contributed by atoms with E-state index < -0.39 is 31.2 Å². The fourth-order valence-electron chi connectivity index (χ4n) is 1.35. The molecule has 0 spiro atoms. The van der Waals surface area contributed by atoms with Gasteiger partial charge in [0, 0.05) is 0 Å². The zero-order valence-electron chi connectivity index (χ0n) is 11.3. The van der Waals surface area contributed by atoms with Crippen LogP contribution in [0.2, 0.25) is 0 Å². The molecular weight excluding hydrogens is 273 g/mol. The van der Waals surface area contributed by atoms with E-state index in [4.69, 9.17) is 15.5 Å². The molecule has 0 bridgehead atoms. The molecule has 2 atom stereocenters. The zero-order chi connectivity index (χ0) is 15.2. The molecule has 0 aliphatic rings. The lowest BCUT2D eigenvalue weighted by molar-refractivity contribution is -0.128. The standard InChI is InChI=1S/C10H22N3O5P/c1-6(2)4-8(13-9(14)5-11)10(15)12-7(3)19(16,17)18/h6-8H,4-5,11H2,1-3H3,(H,12,15)(H,13,14)(H2,16,17,18)/t7-,8+/m1/s1. The maximum Gasteiger partial charge on any atom is 0.347 e. The van der Waals surface area contributed by atoms with Crippen LogP contribution in [0.4, 0.5) is 0 Å². The van der Waals surface area contributed by atoms with Gasteiger partial charge in [0.25, 0.3) is 0 Å². The predicted octanol–water partition coefficient (Wildman–Crippen LogP) is -0.884. The maximum atomic E-state index is 11.9. The van der Waals surface area contributed by atoms with Crippen molar-refractivity contribution in [2.45, 2.75) is 39.0 Å². The van der Waals surface area contributed by atoms with Gasteiger partial charge in [0.1, 0.15) is 11.8 Å². The summed E-state index contributed by atoms with van der Waals surface area (Å²) in [4.78, 5) is 40.9. The van der Waals surface area contributed by atoms with Crippen LogP contribution < -0.4 is 16.4 Å². The van der Waals surface area contributed by atoms with Gasteiger partial charge in [-0.15, -0.1) is 0 Å². The lowest BCUT2D eigenvalue weighted by Gasteiger charge is -2.22. The van der Waals surface area contributed by atoms with Crippen molar-refractivity contribution in [1.82, 2.24) is 10.6 Å². The molecule has 6 N–H and O–H groups in total. The Kier molecular flexibility index (Phi) is 7.21. The van der Waals surface area contributed by atoms with Crippen LogP contribution in [-0.4, -0.2) is 40.0 Å². The molecule has 0 unspecified atom stereocenters. The van der Waals surface area contributed by atoms with Crippen LogP contribution >= 0.6 is 7.60 Å². The second-order valence-corrected chi connectivity index (χ2v) is 6.68. The molecule has 0 aliphatic carbocycles. The minimum atomic E-state index is -4.40. The van der Waals surface area contributed by atoms with E-state index in [1.165, 1.54) is 6.92 Å². The van der Waals surface area contributed by atoms with Gasteiger partial charge in [-0.2, -0.15) is 0 Å². The minimum Gasteiger partial charge on any atom is -0.343 e. The number of hydrogen-bond donors (Lipinski definition) is 5. The van der Waals surface area contributed by atoms with Crippen molar-refractivity contribution >= 4 is 19.4 Å². The smallest absolute Gasteiger partial charge is 0.343 e. The van der Waals surface area contributed by atoms with Gasteiger partial charge >= 0.3 is 7.60 Å². The summed E-state index contributed by atoms with van der Waals surface area (Å²) in [7, 11) is -4.40. The Morgan fingerprint density at radius 2 is 1.74 bits per heavy atom. The van der Waals surface area contributed by atoms with Crippen LogP contribution in [0.1, 0.15) is 27.2 Å². The summed E-state index contributed by atoms with van der Waals surface area (Å²) in [5, 5.41) is 4.62. The molecule has 0 saturated heterocycles. The summed E-state index contributed by atoms with van der Waals surface area (Å²) in [5.41, 5.74) is 5.15. The van der Waals surface area contributed by atoms with Crippen molar-refractivity contribution in [3.63, 3.8) is 0 Å². The predicted molar refractivity (Wildman–Crippen MR) is 70.1 cm³/mol. The molecule has 0 rings (SSSR count). The molecule has 0 heterocycles. The Balaban J connectivity index is 4.71. The summed E-state index contributed by atoms with van der Waals surface area (Å²) in [5.74, 6) is -2.31. The summed E-state index contributed by atoms with van der Waals surface area (Å²) < 4.78 is 11.0. The lowest BCUT2D eigenvalue weighted by atomic mass is 10.0. The Hall–Kier alpha value is -0.950. The van der Waals surface area contributed by atoms with Gasteiger partial charge in [0.05, 0.1) is 6.54 Å². The van der Waals surface area contributed by atoms with Crippen LogP contribution in [0.15, 0.2) is 0 Å². The van der Waals surface area contributed by atoms with E-state index in [1.807, 2.05) is 13.8 Å². The number of amides is 2. The van der Waals surface area contributed by atoms with Gasteiger partial charge < -0.3 is 26.2 Å². The van der Waals surface area contributed by atoms with Crippen LogP contribution in [0.25, 0.3) is 0 Å². The Bertz CT molecular complexity index is 368. The van der Waals surface area contributed by atoms with Crippen molar-refractivity contribution < 1.29 is 23.9 Å². The zero-order valence-corrected chi connectivity index (χ0v) is 12.2. The van der Waals surface area contributed by atoms with Crippen molar-refractivity contribution in [3.8, 4) is 0 Å². The number of rotatable bonds is 7. The van der Waals surface area contributed by atoms with E-state index in [1.54, 1.807) is 0 Å². The highest BCUT2D eigenvalue weighted by Crippen LogP contribution is 2.39. The quantitative estimate of drug-likeness (QED) is 0.386. The molecule has 0 aromatic heterocycles. The third-order valence-electron chi connectivity index (χ3n) is 2.40. The Morgan fingerprint density at radius 1 is 1.21 bits per heavy atom. The fourth-order valence-corrected chi connectivity index (χ4v) is 1.64. The summed E-state index contributed by atoms with van der Waals surface area (Å²) in [6.45, 7) is 4.67. The number of nitrogens with one attached hydrogen (secondary N) is 2. The first-order valence-corrected chi connectivity index (χ1v) is 7.61. The van der Waals surface area contributed by atoms with Gasteiger partial charge in [-0.1, -0.05) is 13.8 Å². The SMILES string of the molecule is CC(C)C[C@H](NC(=O)CN)C(=O)N[C@@H](C)P(=O)(O)O. The molecule has 0 aromatic carbocycles. The molecule has 0 radical (unpaired) electrons. The first-order valence-electron chi connectivity index (χ1n) is 5.93. The summed E-state index contributed by atoms with van der Waals surface area (Å²) in [6.07, 6.45) is 0.353. The van der Waals surface area contributed by atoms with Crippen LogP contribution in [0, 0.1) is 5.92 Å². The van der Waals surface area contributed by atoms with Crippen LogP contribution in [-0.2, 0) is 14.2 Å². The largest absolute Gasteiger partial charge is 0.347 e. The Morgan fingerprint density at radius 3 is 2.11 bits per heavy atom. The van der Waals surface area contributed by atoms with E-state index in [9.17, 15) is 14.2 Å². The highest BCUT2D eigenvalue weighted by molar-refractivity contribution is 7.52. The second-order valence-electron chi connectivity index (χ2n) is 4.73. The molecule has 19 heavy (non-hydrogen) atoms. The van der Waals surface area contributed by atoms with Gasteiger partial charge in [0.15, 0.2) is 0 Å². The van der Waals surface area contributed by atoms with E-state index in [0.29, 0.717) is 6.42 Å². The lowest BCUT2D eigenvalue weighted by Crippen LogP contribution is -2.50. The average Bonchev–Trinajstić information content (AvgIpc) is 2.25. The minimum absolute atomic E-state index is 0.124. The van der Waals surface area contributed by atoms with E-state index in [2.05, 4.69) is 10.6 Å². The first kappa shape index (κ1) is 18.0. The van der Waals surface area contributed by atoms with Gasteiger partial charge in [-0.25, -0.2) is 0 Å². The van der Waals surface area contributed by atoms with Crippen molar-refractivity contribution in [2.24, 2.45) is 11.7 Å². The van der Waals surface area contributed by atoms with E-state index >= 15 is 0 Å². The van der Waals surface area contributed by atoms with Crippen LogP contribution in [0.5, 0.6) is 0 Å². The summed E-state index contributed by atoms with van der Waals surface area (Å²) in [6, 6.07) is -0.856. The van der Waals surface area contributed by atoms with Gasteiger partial charge in [-0.05, 0) is 19.3 Å². The third-order valence-corrected chi connectivity index (χ3v) is 3.54. The summed E-state index contributed by atoms with van der Waals surface area (Å²) >= 11 is 0. The van der Waals surface area contributed by atoms with Crippen molar-refractivity contribution in [3.05, 3.63) is 0 Å². The number of carbonyl (C=O) groups excluding carboxylic acids is 2. The monoisotopic (exact) mass is 295 g/mol. The average molecular weight is 295 g/mol. The molecule has 0 fully saturated rings. The molecule has 2 amide bonds. The molecule has 8 nitrogen and oxygen atoms in total. The maximum absolute atomic E-state index is 11.9. The number of nitrogens with two attached hydrogens (primary N) is 1. The molecule has 0 aliphatic heterocycles. The van der Waals surface area contributed by atoms with E-state index in [0.717, 1.165) is 0 Å². The van der Waals surface area contributed by atoms with E-state index in [-0.39, 0.29) is 12.5 Å². The third kappa shape index (κ3) is 7.27.